The fourth-order valence-corrected chi connectivity index (χ4v) is 3.66. The van der Waals surface area contributed by atoms with Crippen LogP contribution in [0.15, 0.2) is 59.5 Å². The maximum Gasteiger partial charge on any atom is 0.434 e. The van der Waals surface area contributed by atoms with Gasteiger partial charge in [0.15, 0.2) is 5.69 Å². The van der Waals surface area contributed by atoms with Gasteiger partial charge in [-0.05, 0) is 40.6 Å². The molecule has 5 aromatic rings. The Balaban J connectivity index is 1.61. The van der Waals surface area contributed by atoms with Gasteiger partial charge in [0.05, 0.1) is 17.4 Å². The lowest BCUT2D eigenvalue weighted by Crippen LogP contribution is -2.20. The van der Waals surface area contributed by atoms with E-state index in [0.29, 0.717) is 31.1 Å². The van der Waals surface area contributed by atoms with E-state index in [1.807, 2.05) is 0 Å². The third-order valence-electron chi connectivity index (χ3n) is 4.81. The summed E-state index contributed by atoms with van der Waals surface area (Å²) < 4.78 is 47.9. The van der Waals surface area contributed by atoms with E-state index in [1.54, 1.807) is 18.2 Å². The Hall–Kier alpha value is -4.06. The lowest BCUT2D eigenvalue weighted by atomic mass is 10.1. The van der Waals surface area contributed by atoms with Crippen molar-refractivity contribution < 1.29 is 22.6 Å². The first kappa shape index (κ1) is 19.9. The van der Waals surface area contributed by atoms with E-state index in [0.717, 1.165) is 6.20 Å². The van der Waals surface area contributed by atoms with Crippen LogP contribution in [0.4, 0.5) is 18.9 Å². The SMILES string of the molecule is O=C(Nc1ccc2nonc2c1)c1cnn(-c2cccc3c(=S)[nH]ccc23)c1C(F)(F)F. The minimum absolute atomic E-state index is 0.143. The standard InChI is InChI=1S/C20H11F3N6O2S/c21-20(22,23)17-13(18(30)26-10-4-5-14-15(8-10)28-31-27-14)9-25-29(17)16-3-1-2-12-11(16)6-7-24-19(12)32/h1-9H,(H,24,32)(H,26,30). The molecule has 0 saturated carbocycles. The third-order valence-corrected chi connectivity index (χ3v) is 5.15. The third kappa shape index (κ3) is 3.30. The van der Waals surface area contributed by atoms with E-state index >= 15 is 0 Å². The van der Waals surface area contributed by atoms with E-state index in [9.17, 15) is 18.0 Å². The number of amides is 1. The first-order valence-electron chi connectivity index (χ1n) is 9.12. The molecule has 5 rings (SSSR count). The molecule has 3 heterocycles. The Morgan fingerprint density at radius 3 is 2.72 bits per heavy atom. The van der Waals surface area contributed by atoms with Crippen molar-refractivity contribution in [2.24, 2.45) is 0 Å². The molecule has 0 aliphatic carbocycles. The number of hydrogen-bond donors (Lipinski definition) is 2. The molecule has 160 valence electrons. The normalized spacial score (nSPS) is 11.8. The molecular formula is C20H11F3N6O2S. The summed E-state index contributed by atoms with van der Waals surface area (Å²) in [4.78, 5) is 15.6. The van der Waals surface area contributed by atoms with Gasteiger partial charge in [0.2, 0.25) is 0 Å². The number of aromatic amines is 1. The molecule has 0 unspecified atom stereocenters. The topological polar surface area (TPSA) is 102 Å². The quantitative estimate of drug-likeness (QED) is 0.375. The van der Waals surface area contributed by atoms with Gasteiger partial charge in [0.25, 0.3) is 5.91 Å². The number of alkyl halides is 3. The highest BCUT2D eigenvalue weighted by atomic mass is 32.1. The van der Waals surface area contributed by atoms with Crippen LogP contribution >= 0.6 is 12.2 Å². The van der Waals surface area contributed by atoms with Gasteiger partial charge in [-0.3, -0.25) is 4.79 Å². The Morgan fingerprint density at radius 2 is 1.91 bits per heavy atom. The Morgan fingerprint density at radius 1 is 1.09 bits per heavy atom. The smallest absolute Gasteiger partial charge is 0.352 e. The van der Waals surface area contributed by atoms with E-state index in [2.05, 4.69) is 30.3 Å². The largest absolute Gasteiger partial charge is 0.434 e. The zero-order chi connectivity index (χ0) is 22.5. The van der Waals surface area contributed by atoms with E-state index in [1.165, 1.54) is 30.5 Å². The maximum absolute atomic E-state index is 14.1. The molecular weight excluding hydrogens is 445 g/mol. The second-order valence-corrected chi connectivity index (χ2v) is 7.19. The predicted octanol–water partition coefficient (Wildman–Crippen LogP) is 4.89. The summed E-state index contributed by atoms with van der Waals surface area (Å²) in [6.45, 7) is 0. The fourth-order valence-electron chi connectivity index (χ4n) is 3.42. The highest BCUT2D eigenvalue weighted by molar-refractivity contribution is 7.71. The van der Waals surface area contributed by atoms with Gasteiger partial charge in [-0.25, -0.2) is 9.31 Å². The molecule has 0 aliphatic rings. The van der Waals surface area contributed by atoms with Gasteiger partial charge in [0.1, 0.15) is 15.7 Å². The molecule has 12 heteroatoms. The van der Waals surface area contributed by atoms with Crippen LogP contribution in [-0.4, -0.2) is 31.0 Å². The molecule has 0 fully saturated rings. The molecule has 0 aliphatic heterocycles. The van der Waals surface area contributed by atoms with Crippen molar-refractivity contribution in [1.82, 2.24) is 25.1 Å². The first-order chi connectivity index (χ1) is 15.3. The van der Waals surface area contributed by atoms with Gasteiger partial charge >= 0.3 is 6.18 Å². The number of nitrogens with zero attached hydrogens (tertiary/aromatic N) is 4. The average Bonchev–Trinajstić information content (AvgIpc) is 3.40. The van der Waals surface area contributed by atoms with Crippen molar-refractivity contribution in [2.75, 3.05) is 5.32 Å². The molecule has 2 aromatic carbocycles. The number of benzene rings is 2. The van der Waals surface area contributed by atoms with Crippen LogP contribution in [0.2, 0.25) is 0 Å². The Bertz CT molecular complexity index is 1550. The zero-order valence-corrected chi connectivity index (χ0v) is 16.7. The molecule has 0 saturated heterocycles. The average molecular weight is 456 g/mol. The molecule has 0 bridgehead atoms. The van der Waals surface area contributed by atoms with Crippen molar-refractivity contribution in [3.63, 3.8) is 0 Å². The molecule has 2 N–H and O–H groups in total. The van der Waals surface area contributed by atoms with Crippen LogP contribution in [0.5, 0.6) is 0 Å². The molecule has 8 nitrogen and oxygen atoms in total. The number of carbonyl (C=O) groups is 1. The molecule has 0 radical (unpaired) electrons. The van der Waals surface area contributed by atoms with Crippen LogP contribution in [0.3, 0.4) is 0 Å². The molecule has 3 aromatic heterocycles. The summed E-state index contributed by atoms with van der Waals surface area (Å²) in [5.74, 6) is -0.975. The van der Waals surface area contributed by atoms with Crippen molar-refractivity contribution in [3.8, 4) is 5.69 Å². The minimum Gasteiger partial charge on any atom is -0.352 e. The Labute approximate surface area is 181 Å². The number of fused-ring (bicyclic) bond motifs is 2. The van der Waals surface area contributed by atoms with Crippen molar-refractivity contribution in [1.29, 1.82) is 0 Å². The van der Waals surface area contributed by atoms with Gasteiger partial charge in [-0.2, -0.15) is 18.3 Å². The van der Waals surface area contributed by atoms with Crippen LogP contribution in [0.1, 0.15) is 16.1 Å². The summed E-state index contributed by atoms with van der Waals surface area (Å²) in [7, 11) is 0. The minimum atomic E-state index is -4.86. The number of carbonyl (C=O) groups excluding carboxylic acids is 1. The van der Waals surface area contributed by atoms with E-state index in [-0.39, 0.29) is 11.4 Å². The van der Waals surface area contributed by atoms with Crippen LogP contribution < -0.4 is 5.32 Å². The van der Waals surface area contributed by atoms with Crippen LogP contribution in [-0.2, 0) is 6.18 Å². The van der Waals surface area contributed by atoms with E-state index < -0.39 is 23.3 Å². The maximum atomic E-state index is 14.1. The summed E-state index contributed by atoms with van der Waals surface area (Å²) >= 11 is 5.23. The van der Waals surface area contributed by atoms with Crippen molar-refractivity contribution in [3.05, 3.63) is 70.8 Å². The van der Waals surface area contributed by atoms with Crippen LogP contribution in [0.25, 0.3) is 27.5 Å². The lowest BCUT2D eigenvalue weighted by Gasteiger charge is -2.14. The number of aromatic nitrogens is 5. The number of pyridine rings is 1. The van der Waals surface area contributed by atoms with Crippen molar-refractivity contribution in [2.45, 2.75) is 6.18 Å². The summed E-state index contributed by atoms with van der Waals surface area (Å²) in [5, 5.41) is 14.6. The number of hydrogen-bond acceptors (Lipinski definition) is 6. The van der Waals surface area contributed by atoms with Crippen molar-refractivity contribution >= 4 is 45.6 Å². The monoisotopic (exact) mass is 456 g/mol. The first-order valence-corrected chi connectivity index (χ1v) is 9.53. The van der Waals surface area contributed by atoms with Gasteiger partial charge in [0, 0.05) is 22.7 Å². The van der Waals surface area contributed by atoms with E-state index in [4.69, 9.17) is 12.2 Å². The molecule has 0 atom stereocenters. The summed E-state index contributed by atoms with van der Waals surface area (Å²) in [6.07, 6.45) is -2.44. The number of halogens is 3. The second kappa shape index (κ2) is 7.27. The highest BCUT2D eigenvalue weighted by Gasteiger charge is 2.40. The highest BCUT2D eigenvalue weighted by Crippen LogP contribution is 2.35. The molecule has 32 heavy (non-hydrogen) atoms. The number of anilines is 1. The van der Waals surface area contributed by atoms with Gasteiger partial charge in [-0.15, -0.1) is 0 Å². The second-order valence-electron chi connectivity index (χ2n) is 6.78. The summed E-state index contributed by atoms with van der Waals surface area (Å²) in [5.41, 5.74) is -0.665. The molecule has 0 spiro atoms. The predicted molar refractivity (Wildman–Crippen MR) is 111 cm³/mol. The Kier molecular flexibility index (Phi) is 4.51. The summed E-state index contributed by atoms with van der Waals surface area (Å²) in [6, 6.07) is 10.8. The number of rotatable bonds is 3. The van der Waals surface area contributed by atoms with Gasteiger partial charge < -0.3 is 10.3 Å². The fraction of sp³-hybridized carbons (Fsp3) is 0.0500. The lowest BCUT2D eigenvalue weighted by molar-refractivity contribution is -0.143. The zero-order valence-electron chi connectivity index (χ0n) is 15.8. The van der Waals surface area contributed by atoms with Crippen LogP contribution in [0, 0.1) is 4.64 Å². The number of H-pyrrole nitrogens is 1. The number of nitrogens with one attached hydrogen (secondary N) is 2. The van der Waals surface area contributed by atoms with Gasteiger partial charge in [-0.1, -0.05) is 24.4 Å². The molecule has 1 amide bonds.